The van der Waals surface area contributed by atoms with Crippen molar-refractivity contribution in [3.05, 3.63) is 48.2 Å². The number of hydrogen-bond acceptors (Lipinski definition) is 2. The SMILES string of the molecule is O=C(NCCC1CCCNC1)c1ccc(-c2ccccc2)[nH]1. The van der Waals surface area contributed by atoms with E-state index in [2.05, 4.69) is 15.6 Å². The number of carbonyl (C=O) groups is 1. The summed E-state index contributed by atoms with van der Waals surface area (Å²) in [6.07, 6.45) is 3.56. The van der Waals surface area contributed by atoms with Gasteiger partial charge in [-0.25, -0.2) is 0 Å². The topological polar surface area (TPSA) is 56.9 Å². The molecule has 0 aliphatic carbocycles. The van der Waals surface area contributed by atoms with E-state index < -0.39 is 0 Å². The van der Waals surface area contributed by atoms with Gasteiger partial charge in [0.05, 0.1) is 0 Å². The van der Waals surface area contributed by atoms with Crippen LogP contribution in [0.2, 0.25) is 0 Å². The molecule has 0 bridgehead atoms. The minimum atomic E-state index is -0.0223. The van der Waals surface area contributed by atoms with E-state index in [1.165, 1.54) is 12.8 Å². The Morgan fingerprint density at radius 1 is 1.18 bits per heavy atom. The lowest BCUT2D eigenvalue weighted by Crippen LogP contribution is -2.33. The molecule has 0 saturated carbocycles. The van der Waals surface area contributed by atoms with Crippen LogP contribution in [0.5, 0.6) is 0 Å². The summed E-state index contributed by atoms with van der Waals surface area (Å²) >= 11 is 0. The molecule has 1 aliphatic heterocycles. The summed E-state index contributed by atoms with van der Waals surface area (Å²) < 4.78 is 0. The number of H-pyrrole nitrogens is 1. The fourth-order valence-electron chi connectivity index (χ4n) is 2.97. The Morgan fingerprint density at radius 3 is 2.82 bits per heavy atom. The van der Waals surface area contributed by atoms with Crippen LogP contribution in [-0.2, 0) is 0 Å². The number of aromatic amines is 1. The van der Waals surface area contributed by atoms with Gasteiger partial charge in [-0.1, -0.05) is 30.3 Å². The van der Waals surface area contributed by atoms with Crippen LogP contribution in [0.25, 0.3) is 11.3 Å². The molecule has 1 unspecified atom stereocenters. The highest BCUT2D eigenvalue weighted by Gasteiger charge is 2.14. The number of benzene rings is 1. The Morgan fingerprint density at radius 2 is 2.05 bits per heavy atom. The minimum absolute atomic E-state index is 0.0223. The molecule has 3 rings (SSSR count). The van der Waals surface area contributed by atoms with E-state index in [-0.39, 0.29) is 5.91 Å². The molecule has 1 aliphatic rings. The molecule has 4 nitrogen and oxygen atoms in total. The maximum absolute atomic E-state index is 12.2. The van der Waals surface area contributed by atoms with Crippen molar-refractivity contribution in [2.24, 2.45) is 5.92 Å². The number of aromatic nitrogens is 1. The van der Waals surface area contributed by atoms with Crippen LogP contribution >= 0.6 is 0 Å². The van der Waals surface area contributed by atoms with Crippen LogP contribution in [0.3, 0.4) is 0 Å². The van der Waals surface area contributed by atoms with E-state index in [4.69, 9.17) is 0 Å². The third-order valence-corrected chi connectivity index (χ3v) is 4.25. The van der Waals surface area contributed by atoms with Gasteiger partial charge in [0, 0.05) is 12.2 Å². The van der Waals surface area contributed by atoms with E-state index in [0.717, 1.165) is 37.3 Å². The first-order chi connectivity index (χ1) is 10.8. The third kappa shape index (κ3) is 3.77. The standard InChI is InChI=1S/C18H23N3O/c22-18(20-12-10-14-5-4-11-19-13-14)17-9-8-16(21-17)15-6-2-1-3-7-15/h1-3,6-9,14,19,21H,4-5,10-13H2,(H,20,22). The van der Waals surface area contributed by atoms with Crippen molar-refractivity contribution in [1.29, 1.82) is 0 Å². The van der Waals surface area contributed by atoms with E-state index >= 15 is 0 Å². The van der Waals surface area contributed by atoms with E-state index in [1.807, 2.05) is 42.5 Å². The summed E-state index contributed by atoms with van der Waals surface area (Å²) in [5, 5.41) is 6.42. The summed E-state index contributed by atoms with van der Waals surface area (Å²) in [5.41, 5.74) is 2.69. The highest BCUT2D eigenvalue weighted by atomic mass is 16.1. The molecule has 2 heterocycles. The van der Waals surface area contributed by atoms with E-state index in [0.29, 0.717) is 11.6 Å². The smallest absolute Gasteiger partial charge is 0.267 e. The maximum Gasteiger partial charge on any atom is 0.267 e. The van der Waals surface area contributed by atoms with Gasteiger partial charge in [0.1, 0.15) is 5.69 Å². The second kappa shape index (κ2) is 7.27. The van der Waals surface area contributed by atoms with E-state index in [9.17, 15) is 4.79 Å². The zero-order chi connectivity index (χ0) is 15.2. The molecule has 4 heteroatoms. The molecular formula is C18H23N3O. The van der Waals surface area contributed by atoms with Crippen LogP contribution in [-0.4, -0.2) is 30.5 Å². The van der Waals surface area contributed by atoms with Crippen molar-refractivity contribution in [2.45, 2.75) is 19.3 Å². The number of nitrogens with one attached hydrogen (secondary N) is 3. The molecule has 1 aromatic heterocycles. The van der Waals surface area contributed by atoms with Gasteiger partial charge in [0.2, 0.25) is 0 Å². The van der Waals surface area contributed by atoms with Crippen molar-refractivity contribution in [2.75, 3.05) is 19.6 Å². The summed E-state index contributed by atoms with van der Waals surface area (Å²) in [4.78, 5) is 15.4. The second-order valence-electron chi connectivity index (χ2n) is 5.91. The zero-order valence-corrected chi connectivity index (χ0v) is 12.8. The monoisotopic (exact) mass is 297 g/mol. The van der Waals surface area contributed by atoms with Crippen molar-refractivity contribution >= 4 is 5.91 Å². The molecule has 3 N–H and O–H groups in total. The minimum Gasteiger partial charge on any atom is -0.351 e. The van der Waals surface area contributed by atoms with Crippen LogP contribution in [0.1, 0.15) is 29.8 Å². The molecule has 0 radical (unpaired) electrons. The average molecular weight is 297 g/mol. The van der Waals surface area contributed by atoms with Gasteiger partial charge in [-0.15, -0.1) is 0 Å². The highest BCUT2D eigenvalue weighted by Crippen LogP contribution is 2.18. The van der Waals surface area contributed by atoms with Crippen molar-refractivity contribution in [3.8, 4) is 11.3 Å². The van der Waals surface area contributed by atoms with Gasteiger partial charge >= 0.3 is 0 Å². The van der Waals surface area contributed by atoms with Crippen LogP contribution in [0.15, 0.2) is 42.5 Å². The van der Waals surface area contributed by atoms with Crippen molar-refractivity contribution < 1.29 is 4.79 Å². The third-order valence-electron chi connectivity index (χ3n) is 4.25. The van der Waals surface area contributed by atoms with Crippen LogP contribution in [0.4, 0.5) is 0 Å². The van der Waals surface area contributed by atoms with E-state index in [1.54, 1.807) is 0 Å². The largest absolute Gasteiger partial charge is 0.351 e. The lowest BCUT2D eigenvalue weighted by Gasteiger charge is -2.22. The number of rotatable bonds is 5. The predicted molar refractivity (Wildman–Crippen MR) is 88.8 cm³/mol. The first-order valence-electron chi connectivity index (χ1n) is 8.06. The van der Waals surface area contributed by atoms with Crippen LogP contribution < -0.4 is 10.6 Å². The number of piperidine rings is 1. The Labute approximate surface area is 131 Å². The first-order valence-corrected chi connectivity index (χ1v) is 8.06. The lowest BCUT2D eigenvalue weighted by molar-refractivity contribution is 0.0946. The van der Waals surface area contributed by atoms with Gasteiger partial charge in [-0.2, -0.15) is 0 Å². The number of carbonyl (C=O) groups excluding carboxylic acids is 1. The van der Waals surface area contributed by atoms with Gasteiger partial charge in [-0.3, -0.25) is 4.79 Å². The molecule has 116 valence electrons. The summed E-state index contributed by atoms with van der Waals surface area (Å²) in [6.45, 7) is 2.95. The lowest BCUT2D eigenvalue weighted by atomic mass is 9.96. The van der Waals surface area contributed by atoms with Gasteiger partial charge in [-0.05, 0) is 56.0 Å². The molecule has 1 amide bonds. The van der Waals surface area contributed by atoms with Gasteiger partial charge in [0.15, 0.2) is 0 Å². The maximum atomic E-state index is 12.2. The predicted octanol–water partition coefficient (Wildman–Crippen LogP) is 2.80. The average Bonchev–Trinajstić information content (AvgIpc) is 3.07. The number of hydrogen-bond donors (Lipinski definition) is 3. The zero-order valence-electron chi connectivity index (χ0n) is 12.8. The first kappa shape index (κ1) is 14.9. The van der Waals surface area contributed by atoms with Crippen LogP contribution in [0, 0.1) is 5.92 Å². The van der Waals surface area contributed by atoms with Gasteiger partial charge < -0.3 is 15.6 Å². The number of amides is 1. The fraction of sp³-hybridized carbons (Fsp3) is 0.389. The quantitative estimate of drug-likeness (QED) is 0.795. The molecule has 22 heavy (non-hydrogen) atoms. The molecule has 0 spiro atoms. The normalized spacial score (nSPS) is 18.1. The Balaban J connectivity index is 1.51. The second-order valence-corrected chi connectivity index (χ2v) is 5.91. The molecule has 1 saturated heterocycles. The summed E-state index contributed by atoms with van der Waals surface area (Å²) in [5.74, 6) is 0.670. The molecule has 1 aromatic carbocycles. The molecule has 2 aromatic rings. The molecular weight excluding hydrogens is 274 g/mol. The Bertz CT molecular complexity index is 600. The van der Waals surface area contributed by atoms with Crippen molar-refractivity contribution in [1.82, 2.24) is 15.6 Å². The Kier molecular flexibility index (Phi) is 4.91. The molecule has 1 fully saturated rings. The summed E-state index contributed by atoms with van der Waals surface area (Å²) in [6, 6.07) is 13.8. The molecule has 1 atom stereocenters. The van der Waals surface area contributed by atoms with Crippen molar-refractivity contribution in [3.63, 3.8) is 0 Å². The highest BCUT2D eigenvalue weighted by molar-refractivity contribution is 5.93. The fourth-order valence-corrected chi connectivity index (χ4v) is 2.97. The van der Waals surface area contributed by atoms with Gasteiger partial charge in [0.25, 0.3) is 5.91 Å². The summed E-state index contributed by atoms with van der Waals surface area (Å²) in [7, 11) is 0. The Hall–Kier alpha value is -2.07.